The van der Waals surface area contributed by atoms with Crippen molar-refractivity contribution in [2.75, 3.05) is 0 Å². The van der Waals surface area contributed by atoms with E-state index >= 15 is 0 Å². The minimum Gasteiger partial charge on any atom is -0.303 e. The number of hydrogen-bond donors (Lipinski definition) is 0. The Morgan fingerprint density at radius 3 is 2.35 bits per heavy atom. The molecule has 1 aromatic carbocycles. The van der Waals surface area contributed by atoms with E-state index < -0.39 is 0 Å². The Hall–Kier alpha value is -1.44. The van der Waals surface area contributed by atoms with Crippen LogP contribution in [0.25, 0.3) is 0 Å². The van der Waals surface area contributed by atoms with Crippen molar-refractivity contribution in [2.24, 2.45) is 16.8 Å². The summed E-state index contributed by atoms with van der Waals surface area (Å²) < 4.78 is 0. The van der Waals surface area contributed by atoms with Gasteiger partial charge < -0.3 is 4.79 Å². The Morgan fingerprint density at radius 1 is 1.15 bits per heavy atom. The average Bonchev–Trinajstić information content (AvgIpc) is 2.48. The van der Waals surface area contributed by atoms with E-state index in [9.17, 15) is 4.79 Å². The summed E-state index contributed by atoms with van der Waals surface area (Å²) in [5, 5.41) is 0. The summed E-state index contributed by atoms with van der Waals surface area (Å²) in [4.78, 5) is 16.5. The van der Waals surface area contributed by atoms with Crippen molar-refractivity contribution < 1.29 is 4.79 Å². The molecule has 1 aromatic rings. The lowest BCUT2D eigenvalue weighted by Crippen LogP contribution is -2.25. The van der Waals surface area contributed by atoms with Gasteiger partial charge in [0.2, 0.25) is 0 Å². The lowest BCUT2D eigenvalue weighted by Gasteiger charge is -2.23. The van der Waals surface area contributed by atoms with Gasteiger partial charge in [-0.3, -0.25) is 4.99 Å². The first-order chi connectivity index (χ1) is 9.72. The Bertz CT molecular complexity index is 444. The molecule has 0 radical (unpaired) electrons. The molecule has 0 amide bonds. The average molecular weight is 271 g/mol. The van der Waals surface area contributed by atoms with Crippen LogP contribution in [0.5, 0.6) is 0 Å². The van der Waals surface area contributed by atoms with Gasteiger partial charge in [0, 0.05) is 0 Å². The minimum atomic E-state index is -0.0978. The van der Waals surface area contributed by atoms with Crippen molar-refractivity contribution >= 4 is 12.0 Å². The number of nitrogens with zero attached hydrogens (tertiary/aromatic N) is 1. The molecular weight excluding hydrogens is 246 g/mol. The van der Waals surface area contributed by atoms with E-state index in [4.69, 9.17) is 4.99 Å². The van der Waals surface area contributed by atoms with Gasteiger partial charge in [-0.25, -0.2) is 0 Å². The molecule has 0 unspecified atom stereocenters. The van der Waals surface area contributed by atoms with Crippen molar-refractivity contribution in [3.8, 4) is 0 Å². The highest BCUT2D eigenvalue weighted by Gasteiger charge is 2.23. The SMILES string of the molecule is CC(C)[C@H](C=O)C(=NC1CCCCC1)c1ccccc1. The first-order valence-corrected chi connectivity index (χ1v) is 7.80. The van der Waals surface area contributed by atoms with Gasteiger partial charge in [0.25, 0.3) is 0 Å². The van der Waals surface area contributed by atoms with Crippen molar-refractivity contribution in [1.82, 2.24) is 0 Å². The van der Waals surface area contributed by atoms with E-state index in [1.54, 1.807) is 0 Å². The van der Waals surface area contributed by atoms with Crippen LogP contribution < -0.4 is 0 Å². The largest absolute Gasteiger partial charge is 0.303 e. The van der Waals surface area contributed by atoms with Crippen molar-refractivity contribution in [1.29, 1.82) is 0 Å². The number of carbonyl (C=O) groups excluding carboxylic acids is 1. The predicted molar refractivity (Wildman–Crippen MR) is 84.2 cm³/mol. The first kappa shape index (κ1) is 15.0. The smallest absolute Gasteiger partial charge is 0.129 e. The second kappa shape index (κ2) is 7.37. The fraction of sp³-hybridized carbons (Fsp3) is 0.556. The van der Waals surface area contributed by atoms with Gasteiger partial charge in [0.1, 0.15) is 6.29 Å². The van der Waals surface area contributed by atoms with E-state index in [-0.39, 0.29) is 11.8 Å². The predicted octanol–water partition coefficient (Wildman–Crippen LogP) is 4.28. The van der Waals surface area contributed by atoms with Gasteiger partial charge in [0.15, 0.2) is 0 Å². The fourth-order valence-corrected chi connectivity index (χ4v) is 2.91. The highest BCUT2D eigenvalue weighted by Crippen LogP contribution is 2.24. The molecule has 0 aromatic heterocycles. The summed E-state index contributed by atoms with van der Waals surface area (Å²) in [6.45, 7) is 4.19. The first-order valence-electron chi connectivity index (χ1n) is 7.80. The lowest BCUT2D eigenvalue weighted by molar-refractivity contribution is -0.110. The molecule has 2 heteroatoms. The van der Waals surface area contributed by atoms with Gasteiger partial charge in [-0.2, -0.15) is 0 Å². The van der Waals surface area contributed by atoms with Gasteiger partial charge >= 0.3 is 0 Å². The topological polar surface area (TPSA) is 29.4 Å². The lowest BCUT2D eigenvalue weighted by atomic mass is 9.87. The number of hydrogen-bond acceptors (Lipinski definition) is 2. The van der Waals surface area contributed by atoms with E-state index in [0.29, 0.717) is 6.04 Å². The standard InChI is InChI=1S/C18H25NO/c1-14(2)17(13-20)18(15-9-5-3-6-10-15)19-16-11-7-4-8-12-16/h3,5-6,9-10,13-14,16-17H,4,7-8,11-12H2,1-2H3/t17-/m0/s1. The third-order valence-electron chi connectivity index (χ3n) is 4.15. The maximum absolute atomic E-state index is 11.5. The van der Waals surface area contributed by atoms with Crippen LogP contribution in [0.3, 0.4) is 0 Å². The summed E-state index contributed by atoms with van der Waals surface area (Å²) in [6.07, 6.45) is 7.26. The van der Waals surface area contributed by atoms with E-state index in [1.807, 2.05) is 18.2 Å². The molecule has 1 saturated carbocycles. The molecule has 1 aliphatic rings. The molecule has 0 spiro atoms. The minimum absolute atomic E-state index is 0.0978. The molecule has 1 atom stereocenters. The van der Waals surface area contributed by atoms with Crippen molar-refractivity contribution in [3.63, 3.8) is 0 Å². The van der Waals surface area contributed by atoms with Crippen LogP contribution in [0, 0.1) is 11.8 Å². The fourth-order valence-electron chi connectivity index (χ4n) is 2.91. The number of carbonyl (C=O) groups is 1. The van der Waals surface area contributed by atoms with Crippen LogP contribution in [0.2, 0.25) is 0 Å². The zero-order chi connectivity index (χ0) is 14.4. The van der Waals surface area contributed by atoms with Crippen LogP contribution in [0.1, 0.15) is 51.5 Å². The molecule has 108 valence electrons. The Labute approximate surface area is 122 Å². The molecule has 2 rings (SSSR count). The molecule has 0 heterocycles. The van der Waals surface area contributed by atoms with Crippen LogP contribution in [-0.2, 0) is 4.79 Å². The molecular formula is C18H25NO. The summed E-state index contributed by atoms with van der Waals surface area (Å²) in [6, 6.07) is 10.6. The molecule has 0 bridgehead atoms. The Balaban J connectivity index is 2.32. The highest BCUT2D eigenvalue weighted by atomic mass is 16.1. The number of benzene rings is 1. The van der Waals surface area contributed by atoms with Crippen LogP contribution in [0.15, 0.2) is 35.3 Å². The van der Waals surface area contributed by atoms with Crippen molar-refractivity contribution in [3.05, 3.63) is 35.9 Å². The maximum atomic E-state index is 11.5. The maximum Gasteiger partial charge on any atom is 0.129 e. The summed E-state index contributed by atoms with van der Waals surface area (Å²) >= 11 is 0. The van der Waals surface area contributed by atoms with E-state index in [0.717, 1.165) is 17.6 Å². The van der Waals surface area contributed by atoms with Gasteiger partial charge in [0.05, 0.1) is 17.7 Å². The summed E-state index contributed by atoms with van der Waals surface area (Å²) in [7, 11) is 0. The molecule has 1 fully saturated rings. The molecule has 0 saturated heterocycles. The van der Waals surface area contributed by atoms with E-state index in [1.165, 1.54) is 32.1 Å². The quantitative estimate of drug-likeness (QED) is 0.580. The molecule has 20 heavy (non-hydrogen) atoms. The monoisotopic (exact) mass is 271 g/mol. The zero-order valence-corrected chi connectivity index (χ0v) is 12.6. The van der Waals surface area contributed by atoms with Crippen LogP contribution >= 0.6 is 0 Å². The Morgan fingerprint density at radius 2 is 1.80 bits per heavy atom. The number of rotatable bonds is 5. The van der Waals surface area contributed by atoms with Gasteiger partial charge in [-0.1, -0.05) is 63.4 Å². The van der Waals surface area contributed by atoms with Crippen molar-refractivity contribution in [2.45, 2.75) is 52.0 Å². The van der Waals surface area contributed by atoms with Gasteiger partial charge in [-0.05, 0) is 24.3 Å². The van der Waals surface area contributed by atoms with Gasteiger partial charge in [-0.15, -0.1) is 0 Å². The second-order valence-electron chi connectivity index (χ2n) is 6.08. The number of aldehydes is 1. The van der Waals surface area contributed by atoms with Crippen LogP contribution in [-0.4, -0.2) is 18.0 Å². The third kappa shape index (κ3) is 3.78. The molecule has 0 N–H and O–H groups in total. The normalized spacial score (nSPS) is 19.1. The summed E-state index contributed by atoms with van der Waals surface area (Å²) in [5.74, 6) is 0.189. The molecule has 2 nitrogen and oxygen atoms in total. The zero-order valence-electron chi connectivity index (χ0n) is 12.6. The third-order valence-corrected chi connectivity index (χ3v) is 4.15. The van der Waals surface area contributed by atoms with Crippen LogP contribution in [0.4, 0.5) is 0 Å². The number of aliphatic imine (C=N–C) groups is 1. The van der Waals surface area contributed by atoms with E-state index in [2.05, 4.69) is 26.0 Å². The molecule has 0 aliphatic heterocycles. The Kier molecular flexibility index (Phi) is 5.51. The second-order valence-corrected chi connectivity index (χ2v) is 6.08. The highest BCUT2D eigenvalue weighted by molar-refractivity contribution is 6.09. The molecule has 1 aliphatic carbocycles. The summed E-state index contributed by atoms with van der Waals surface area (Å²) in [5.41, 5.74) is 2.09.